The third kappa shape index (κ3) is 3.19. The molecule has 0 aliphatic carbocycles. The molecule has 4 aromatic rings. The number of carbonyl (C=O) groups is 1. The average Bonchev–Trinajstić information content (AvgIpc) is 3.02. The highest BCUT2D eigenvalue weighted by Crippen LogP contribution is 2.27. The third-order valence-corrected chi connectivity index (χ3v) is 4.33. The fourth-order valence-electron chi connectivity index (χ4n) is 2.98. The Balaban J connectivity index is 1.67. The summed E-state index contributed by atoms with van der Waals surface area (Å²) >= 11 is 0. The Labute approximate surface area is 151 Å². The van der Waals surface area contributed by atoms with Crippen LogP contribution in [0.4, 0.5) is 5.69 Å². The lowest BCUT2D eigenvalue weighted by Crippen LogP contribution is -2.12. The summed E-state index contributed by atoms with van der Waals surface area (Å²) in [6, 6.07) is 16.5. The minimum absolute atomic E-state index is 0.219. The second-order valence-electron chi connectivity index (χ2n) is 6.25. The van der Waals surface area contributed by atoms with E-state index in [0.717, 1.165) is 23.1 Å². The predicted octanol–water partition coefficient (Wildman–Crippen LogP) is 4.04. The number of hydrogen-bond donors (Lipinski definition) is 1. The molecular weight excluding hydrogens is 324 g/mol. The fourth-order valence-corrected chi connectivity index (χ4v) is 2.98. The molecule has 1 N–H and O–H groups in total. The number of para-hydroxylation sites is 1. The highest BCUT2D eigenvalue weighted by Gasteiger charge is 2.13. The van der Waals surface area contributed by atoms with Crippen molar-refractivity contribution in [3.05, 3.63) is 90.1 Å². The Morgan fingerprint density at radius 1 is 1.04 bits per heavy atom. The van der Waals surface area contributed by atoms with Crippen molar-refractivity contribution in [2.75, 3.05) is 5.32 Å². The first-order valence-corrected chi connectivity index (χ1v) is 8.40. The van der Waals surface area contributed by atoms with Crippen molar-refractivity contribution in [3.8, 4) is 0 Å². The summed E-state index contributed by atoms with van der Waals surface area (Å²) in [6.07, 6.45) is 6.40. The smallest absolute Gasteiger partial charge is 0.258 e. The van der Waals surface area contributed by atoms with E-state index in [0.29, 0.717) is 5.56 Å². The molecular formula is C21H18N4O. The maximum atomic E-state index is 12.5. The average molecular weight is 342 g/mol. The van der Waals surface area contributed by atoms with Crippen LogP contribution in [-0.2, 0) is 6.54 Å². The first kappa shape index (κ1) is 16.0. The van der Waals surface area contributed by atoms with Gasteiger partial charge in [-0.15, -0.1) is 0 Å². The lowest BCUT2D eigenvalue weighted by Gasteiger charge is -2.06. The Kier molecular flexibility index (Phi) is 4.19. The zero-order valence-electron chi connectivity index (χ0n) is 14.4. The van der Waals surface area contributed by atoms with E-state index in [1.165, 1.54) is 29.8 Å². The number of benzene rings is 2. The van der Waals surface area contributed by atoms with Gasteiger partial charge in [0.1, 0.15) is 6.33 Å². The van der Waals surface area contributed by atoms with E-state index in [2.05, 4.69) is 57.1 Å². The number of aryl methyl sites for hydroxylation is 1. The molecule has 2 heterocycles. The van der Waals surface area contributed by atoms with E-state index in [4.69, 9.17) is 0 Å². The molecule has 5 heteroatoms. The van der Waals surface area contributed by atoms with Crippen molar-refractivity contribution < 1.29 is 4.79 Å². The molecule has 0 saturated heterocycles. The summed E-state index contributed by atoms with van der Waals surface area (Å²) in [7, 11) is 0. The Hall–Kier alpha value is -3.47. The number of carbonyl (C=O) groups excluding carboxylic acids is 1. The zero-order valence-corrected chi connectivity index (χ0v) is 14.4. The van der Waals surface area contributed by atoms with Crippen molar-refractivity contribution in [1.29, 1.82) is 0 Å². The van der Waals surface area contributed by atoms with Crippen LogP contribution in [0.15, 0.2) is 73.4 Å². The molecule has 4 rings (SSSR count). The van der Waals surface area contributed by atoms with Crippen LogP contribution in [0, 0.1) is 6.92 Å². The van der Waals surface area contributed by atoms with Gasteiger partial charge in [-0.3, -0.25) is 4.79 Å². The van der Waals surface area contributed by atoms with E-state index < -0.39 is 0 Å². The third-order valence-electron chi connectivity index (χ3n) is 4.33. The van der Waals surface area contributed by atoms with Crippen molar-refractivity contribution in [2.24, 2.45) is 0 Å². The second kappa shape index (κ2) is 6.80. The van der Waals surface area contributed by atoms with Gasteiger partial charge in [0.2, 0.25) is 0 Å². The van der Waals surface area contributed by atoms with Gasteiger partial charge in [-0.05, 0) is 18.6 Å². The molecule has 1 amide bonds. The summed E-state index contributed by atoms with van der Waals surface area (Å²) < 4.78 is 2.15. The molecule has 26 heavy (non-hydrogen) atoms. The molecule has 2 aromatic carbocycles. The molecule has 0 aliphatic heterocycles. The molecule has 128 valence electrons. The minimum atomic E-state index is -0.219. The van der Waals surface area contributed by atoms with Crippen molar-refractivity contribution in [3.63, 3.8) is 0 Å². The number of nitrogens with zero attached hydrogens (tertiary/aromatic N) is 3. The van der Waals surface area contributed by atoms with Crippen molar-refractivity contribution in [1.82, 2.24) is 14.5 Å². The van der Waals surface area contributed by atoms with Crippen molar-refractivity contribution in [2.45, 2.75) is 13.5 Å². The van der Waals surface area contributed by atoms with Gasteiger partial charge in [0.05, 0.1) is 16.8 Å². The molecule has 0 spiro atoms. The van der Waals surface area contributed by atoms with E-state index in [1.54, 1.807) is 0 Å². The first-order chi connectivity index (χ1) is 12.7. The predicted molar refractivity (Wildman–Crippen MR) is 102 cm³/mol. The number of anilines is 1. The topological polar surface area (TPSA) is 59.8 Å². The largest absolute Gasteiger partial charge is 0.341 e. The van der Waals surface area contributed by atoms with Crippen LogP contribution in [0.5, 0.6) is 0 Å². The zero-order chi connectivity index (χ0) is 17.9. The van der Waals surface area contributed by atoms with Crippen LogP contribution in [0.25, 0.3) is 10.9 Å². The standard InChI is InChI=1S/C21H18N4O/c1-15-6-8-16(9-7-15)12-25-13-19(18-4-2-3-5-20(18)25)24-21(26)17-10-22-14-23-11-17/h2-11,13-14H,12H2,1H3,(H,24,26). The maximum absolute atomic E-state index is 12.5. The highest BCUT2D eigenvalue weighted by molar-refractivity contribution is 6.08. The Bertz CT molecular complexity index is 1050. The first-order valence-electron chi connectivity index (χ1n) is 8.40. The van der Waals surface area contributed by atoms with Gasteiger partial charge in [-0.1, -0.05) is 48.0 Å². The van der Waals surface area contributed by atoms with E-state index in [1.807, 2.05) is 24.4 Å². The van der Waals surface area contributed by atoms with Crippen LogP contribution >= 0.6 is 0 Å². The summed E-state index contributed by atoms with van der Waals surface area (Å²) in [4.78, 5) is 20.3. The van der Waals surface area contributed by atoms with E-state index >= 15 is 0 Å². The van der Waals surface area contributed by atoms with Crippen LogP contribution in [0.1, 0.15) is 21.5 Å². The number of fused-ring (bicyclic) bond motifs is 1. The molecule has 0 aliphatic rings. The maximum Gasteiger partial charge on any atom is 0.258 e. The molecule has 0 atom stereocenters. The quantitative estimate of drug-likeness (QED) is 0.609. The van der Waals surface area contributed by atoms with Crippen LogP contribution in [-0.4, -0.2) is 20.4 Å². The van der Waals surface area contributed by atoms with Crippen LogP contribution in [0.3, 0.4) is 0 Å². The minimum Gasteiger partial charge on any atom is -0.341 e. The van der Waals surface area contributed by atoms with Crippen LogP contribution in [0.2, 0.25) is 0 Å². The van der Waals surface area contributed by atoms with Gasteiger partial charge in [-0.2, -0.15) is 0 Å². The highest BCUT2D eigenvalue weighted by atomic mass is 16.1. The van der Waals surface area contributed by atoms with Gasteiger partial charge in [0.15, 0.2) is 0 Å². The molecule has 5 nitrogen and oxygen atoms in total. The summed E-state index contributed by atoms with van der Waals surface area (Å²) in [6.45, 7) is 2.82. The van der Waals surface area contributed by atoms with Gasteiger partial charge in [0, 0.05) is 30.5 Å². The molecule has 0 unspecified atom stereocenters. The molecule has 0 saturated carbocycles. The SMILES string of the molecule is Cc1ccc(Cn2cc(NC(=O)c3cncnc3)c3ccccc32)cc1. The summed E-state index contributed by atoms with van der Waals surface area (Å²) in [5.74, 6) is -0.219. The summed E-state index contributed by atoms with van der Waals surface area (Å²) in [5, 5.41) is 3.98. The fraction of sp³-hybridized carbons (Fsp3) is 0.0952. The molecule has 2 aromatic heterocycles. The lowest BCUT2D eigenvalue weighted by atomic mass is 10.1. The Morgan fingerprint density at radius 2 is 1.77 bits per heavy atom. The van der Waals surface area contributed by atoms with Gasteiger partial charge < -0.3 is 9.88 Å². The second-order valence-corrected chi connectivity index (χ2v) is 6.25. The normalized spacial score (nSPS) is 10.8. The Morgan fingerprint density at radius 3 is 2.54 bits per heavy atom. The van der Waals surface area contributed by atoms with E-state index in [-0.39, 0.29) is 5.91 Å². The van der Waals surface area contributed by atoms with E-state index in [9.17, 15) is 4.79 Å². The van der Waals surface area contributed by atoms with Gasteiger partial charge >= 0.3 is 0 Å². The number of amides is 1. The molecule has 0 fully saturated rings. The molecule has 0 radical (unpaired) electrons. The van der Waals surface area contributed by atoms with Gasteiger partial charge in [0.25, 0.3) is 5.91 Å². The van der Waals surface area contributed by atoms with Crippen molar-refractivity contribution >= 4 is 22.5 Å². The lowest BCUT2D eigenvalue weighted by molar-refractivity contribution is 0.102. The number of rotatable bonds is 4. The number of nitrogens with one attached hydrogen (secondary N) is 1. The summed E-state index contributed by atoms with van der Waals surface area (Å²) in [5.41, 5.74) is 4.74. The number of aromatic nitrogens is 3. The number of hydrogen-bond acceptors (Lipinski definition) is 3. The molecule has 0 bridgehead atoms. The van der Waals surface area contributed by atoms with Gasteiger partial charge in [-0.25, -0.2) is 9.97 Å². The monoisotopic (exact) mass is 342 g/mol. The van der Waals surface area contributed by atoms with Crippen LogP contribution < -0.4 is 5.32 Å².